The summed E-state index contributed by atoms with van der Waals surface area (Å²) in [6, 6.07) is 1.77. The Morgan fingerprint density at radius 3 is 2.40 bits per heavy atom. The van der Waals surface area contributed by atoms with E-state index in [1.54, 1.807) is 12.3 Å². The third-order valence-corrected chi connectivity index (χ3v) is 4.40. The Hall–Kier alpha value is -0.775. The van der Waals surface area contributed by atoms with Crippen molar-refractivity contribution >= 4 is 24.2 Å². The maximum atomic E-state index is 6.06. The lowest BCUT2D eigenvalue weighted by atomic mass is 9.79. The number of ether oxygens (including phenoxy) is 1. The second-order valence-electron chi connectivity index (χ2n) is 6.45. The molecule has 2 fully saturated rings. The quantitative estimate of drug-likeness (QED) is 0.635. The van der Waals surface area contributed by atoms with Crippen LogP contribution >= 0.6 is 11.6 Å². The summed E-state index contributed by atoms with van der Waals surface area (Å²) in [5.74, 6) is 0.704. The van der Waals surface area contributed by atoms with Gasteiger partial charge in [-0.25, -0.2) is 4.98 Å². The van der Waals surface area contributed by atoms with Crippen LogP contribution in [0.1, 0.15) is 40.5 Å². The molecule has 4 nitrogen and oxygen atoms in total. The Morgan fingerprint density at radius 2 is 1.85 bits per heavy atom. The summed E-state index contributed by atoms with van der Waals surface area (Å²) in [5.41, 5.74) is 0.0460. The number of rotatable bonds is 3. The van der Waals surface area contributed by atoms with Crippen LogP contribution < -0.4 is 10.2 Å². The molecular weight excluding hydrogens is 276 g/mol. The molecule has 1 aliphatic heterocycles. The van der Waals surface area contributed by atoms with E-state index in [2.05, 4.69) is 4.98 Å². The third-order valence-electron chi connectivity index (χ3n) is 4.19. The number of hydrogen-bond donors (Lipinski definition) is 0. The van der Waals surface area contributed by atoms with Gasteiger partial charge in [-0.3, -0.25) is 0 Å². The van der Waals surface area contributed by atoms with Gasteiger partial charge in [0, 0.05) is 5.46 Å². The average molecular weight is 296 g/mol. The van der Waals surface area contributed by atoms with E-state index in [0.29, 0.717) is 17.0 Å². The van der Waals surface area contributed by atoms with E-state index in [4.69, 9.17) is 25.6 Å². The summed E-state index contributed by atoms with van der Waals surface area (Å²) in [6.07, 6.45) is 4.12. The lowest BCUT2D eigenvalue weighted by Crippen LogP contribution is -2.41. The summed E-state index contributed by atoms with van der Waals surface area (Å²) in [5, 5.41) is 0.415. The molecule has 2 heterocycles. The van der Waals surface area contributed by atoms with E-state index in [-0.39, 0.29) is 11.2 Å². The molecule has 3 rings (SSSR count). The molecule has 0 N–H and O–H groups in total. The zero-order valence-electron chi connectivity index (χ0n) is 12.3. The topological polar surface area (TPSA) is 40.6 Å². The molecule has 1 aliphatic carbocycles. The van der Waals surface area contributed by atoms with Gasteiger partial charge in [0.15, 0.2) is 0 Å². The van der Waals surface area contributed by atoms with Crippen LogP contribution in [-0.4, -0.2) is 29.4 Å². The van der Waals surface area contributed by atoms with Gasteiger partial charge in [-0.1, -0.05) is 11.6 Å². The van der Waals surface area contributed by atoms with Crippen molar-refractivity contribution in [3.8, 4) is 5.75 Å². The van der Waals surface area contributed by atoms with E-state index in [1.165, 1.54) is 0 Å². The zero-order valence-corrected chi connectivity index (χ0v) is 13.0. The molecule has 108 valence electrons. The molecule has 1 aromatic heterocycles. The largest absolute Gasteiger partial charge is 0.498 e. The van der Waals surface area contributed by atoms with Gasteiger partial charge in [0.2, 0.25) is 0 Å². The molecule has 0 atom stereocenters. The van der Waals surface area contributed by atoms with Crippen LogP contribution in [0.15, 0.2) is 12.3 Å². The van der Waals surface area contributed by atoms with Gasteiger partial charge >= 0.3 is 7.12 Å². The predicted octanol–water partition coefficient (Wildman–Crippen LogP) is 2.58. The van der Waals surface area contributed by atoms with Gasteiger partial charge in [-0.05, 0) is 46.6 Å². The molecule has 2 aliphatic rings. The molecule has 20 heavy (non-hydrogen) atoms. The maximum absolute atomic E-state index is 6.06. The SMILES string of the molecule is CC1(C)OB(c2cc(Cl)ncc2OC2CC2)OC1(C)C. The van der Waals surface area contributed by atoms with Crippen molar-refractivity contribution < 1.29 is 14.0 Å². The molecule has 1 saturated carbocycles. The number of nitrogens with zero attached hydrogens (tertiary/aromatic N) is 1. The maximum Gasteiger partial charge on any atom is 0.498 e. The lowest BCUT2D eigenvalue weighted by Gasteiger charge is -2.32. The molecule has 1 aromatic rings. The van der Waals surface area contributed by atoms with Crippen molar-refractivity contribution in [2.24, 2.45) is 0 Å². The molecule has 6 heteroatoms. The Balaban J connectivity index is 1.91. The number of halogens is 1. The van der Waals surface area contributed by atoms with E-state index in [1.807, 2.05) is 27.7 Å². The minimum Gasteiger partial charge on any atom is -0.489 e. The molecular formula is C14H19BClNO3. The normalized spacial score (nSPS) is 23.9. The van der Waals surface area contributed by atoms with Crippen LogP contribution in [0.2, 0.25) is 5.15 Å². The highest BCUT2D eigenvalue weighted by Crippen LogP contribution is 2.37. The van der Waals surface area contributed by atoms with Gasteiger partial charge in [-0.15, -0.1) is 0 Å². The minimum absolute atomic E-state index is 0.291. The molecule has 1 saturated heterocycles. The molecule has 0 radical (unpaired) electrons. The first-order valence-electron chi connectivity index (χ1n) is 6.96. The van der Waals surface area contributed by atoms with E-state index in [0.717, 1.165) is 18.3 Å². The molecule has 0 amide bonds. The fraction of sp³-hybridized carbons (Fsp3) is 0.643. The highest BCUT2D eigenvalue weighted by molar-refractivity contribution is 6.63. The number of hydrogen-bond acceptors (Lipinski definition) is 4. The molecule has 0 unspecified atom stereocenters. The van der Waals surface area contributed by atoms with Gasteiger partial charge < -0.3 is 14.0 Å². The Kier molecular flexibility index (Phi) is 3.27. The standard InChI is InChI=1S/C14H19BClNO3/c1-13(2)14(3,4)20-15(19-13)10-7-12(16)17-8-11(10)18-9-5-6-9/h7-9H,5-6H2,1-4H3. The highest BCUT2D eigenvalue weighted by atomic mass is 35.5. The highest BCUT2D eigenvalue weighted by Gasteiger charge is 2.52. The number of aromatic nitrogens is 1. The van der Waals surface area contributed by atoms with Gasteiger partial charge in [-0.2, -0.15) is 0 Å². The van der Waals surface area contributed by atoms with Crippen molar-refractivity contribution in [1.29, 1.82) is 0 Å². The second kappa shape index (κ2) is 4.62. The summed E-state index contributed by atoms with van der Waals surface area (Å²) >= 11 is 6.01. The lowest BCUT2D eigenvalue weighted by molar-refractivity contribution is 0.00578. The summed E-state index contributed by atoms with van der Waals surface area (Å²) in [6.45, 7) is 8.10. The minimum atomic E-state index is -0.478. The van der Waals surface area contributed by atoms with Crippen molar-refractivity contribution in [3.63, 3.8) is 0 Å². The van der Waals surface area contributed by atoms with Crippen molar-refractivity contribution in [3.05, 3.63) is 17.4 Å². The van der Waals surface area contributed by atoms with Crippen LogP contribution in [0.4, 0.5) is 0 Å². The van der Waals surface area contributed by atoms with Gasteiger partial charge in [0.25, 0.3) is 0 Å². The van der Waals surface area contributed by atoms with E-state index < -0.39 is 7.12 Å². The Bertz CT molecular complexity index is 515. The Morgan fingerprint density at radius 1 is 1.25 bits per heavy atom. The van der Waals surface area contributed by atoms with Crippen LogP contribution in [0.25, 0.3) is 0 Å². The van der Waals surface area contributed by atoms with Crippen molar-refractivity contribution in [2.75, 3.05) is 0 Å². The fourth-order valence-corrected chi connectivity index (χ4v) is 2.22. The molecule has 0 bridgehead atoms. The second-order valence-corrected chi connectivity index (χ2v) is 6.84. The zero-order chi connectivity index (χ0) is 14.5. The van der Waals surface area contributed by atoms with Crippen LogP contribution in [0, 0.1) is 0 Å². The average Bonchev–Trinajstić information content (AvgIpc) is 3.10. The summed E-state index contributed by atoms with van der Waals surface area (Å²) < 4.78 is 18.0. The van der Waals surface area contributed by atoms with Crippen molar-refractivity contribution in [1.82, 2.24) is 4.98 Å². The fourth-order valence-electron chi connectivity index (χ4n) is 2.05. The first kappa shape index (κ1) is 14.2. The first-order valence-corrected chi connectivity index (χ1v) is 7.34. The van der Waals surface area contributed by atoms with Gasteiger partial charge in [0.05, 0.1) is 23.5 Å². The van der Waals surface area contributed by atoms with Crippen LogP contribution in [0.3, 0.4) is 0 Å². The predicted molar refractivity (Wildman–Crippen MR) is 78.6 cm³/mol. The van der Waals surface area contributed by atoms with Crippen molar-refractivity contribution in [2.45, 2.75) is 57.8 Å². The Labute approximate surface area is 124 Å². The summed E-state index contributed by atoms with van der Waals surface area (Å²) in [4.78, 5) is 4.09. The smallest absolute Gasteiger partial charge is 0.489 e. The molecule has 0 spiro atoms. The third kappa shape index (κ3) is 2.54. The van der Waals surface area contributed by atoms with E-state index >= 15 is 0 Å². The van der Waals surface area contributed by atoms with Crippen LogP contribution in [0.5, 0.6) is 5.75 Å². The van der Waals surface area contributed by atoms with Crippen LogP contribution in [-0.2, 0) is 9.31 Å². The number of pyridine rings is 1. The summed E-state index contributed by atoms with van der Waals surface area (Å²) in [7, 11) is -0.478. The van der Waals surface area contributed by atoms with E-state index in [9.17, 15) is 0 Å². The first-order chi connectivity index (χ1) is 9.28. The molecule has 0 aromatic carbocycles. The monoisotopic (exact) mass is 295 g/mol. The van der Waals surface area contributed by atoms with Gasteiger partial charge in [0.1, 0.15) is 10.9 Å².